The van der Waals surface area contributed by atoms with E-state index in [1.165, 1.54) is 6.54 Å². The molecule has 0 saturated heterocycles. The van der Waals surface area contributed by atoms with E-state index in [9.17, 15) is 9.90 Å². The number of hydrogen-bond donors (Lipinski definition) is 0. The van der Waals surface area contributed by atoms with Gasteiger partial charge in [0.05, 0.1) is 47.5 Å². The van der Waals surface area contributed by atoms with E-state index in [1.54, 1.807) is 7.11 Å². The largest absolute Gasteiger partial charge is 0.550 e. The van der Waals surface area contributed by atoms with Crippen LogP contribution in [0.3, 0.4) is 0 Å². The lowest BCUT2D eigenvalue weighted by atomic mass is 10.5. The first-order valence-corrected chi connectivity index (χ1v) is 5.40. The maximum absolute atomic E-state index is 9.81. The van der Waals surface area contributed by atoms with Crippen molar-refractivity contribution in [1.82, 2.24) is 0 Å². The van der Waals surface area contributed by atoms with Gasteiger partial charge in [0.15, 0.2) is 0 Å². The molecular weight excluding hydrogens is 210 g/mol. The smallest absolute Gasteiger partial charge is 0.0751 e. The van der Waals surface area contributed by atoms with Gasteiger partial charge < -0.3 is 23.9 Å². The molecule has 0 amide bonds. The molecule has 0 aliphatic rings. The predicted molar refractivity (Wildman–Crippen MR) is 60.9 cm³/mol. The van der Waals surface area contributed by atoms with Crippen LogP contribution >= 0.6 is 0 Å². The van der Waals surface area contributed by atoms with Crippen molar-refractivity contribution in [3.8, 4) is 0 Å². The van der Waals surface area contributed by atoms with Gasteiger partial charge in [0, 0.05) is 19.5 Å². The Morgan fingerprint density at radius 3 is 2.00 bits per heavy atom. The van der Waals surface area contributed by atoms with Crippen molar-refractivity contribution in [1.29, 1.82) is 0 Å². The number of hydrogen-bond acceptors (Lipinski definition) is 4. The van der Waals surface area contributed by atoms with Crippen molar-refractivity contribution in [3.05, 3.63) is 0 Å². The van der Waals surface area contributed by atoms with Crippen LogP contribution in [0.15, 0.2) is 0 Å². The fraction of sp³-hybridized carbons (Fsp3) is 0.909. The molecule has 5 heteroatoms. The van der Waals surface area contributed by atoms with E-state index in [2.05, 4.69) is 32.8 Å². The molecule has 0 aliphatic heterocycles. The molecule has 0 unspecified atom stereocenters. The van der Waals surface area contributed by atoms with Crippen molar-refractivity contribution in [2.75, 3.05) is 54.6 Å². The summed E-state index contributed by atoms with van der Waals surface area (Å²) in [6.45, 7) is 4.52. The number of carboxylic acids is 1. The summed E-state index contributed by atoms with van der Waals surface area (Å²) >= 11 is 0. The zero-order valence-electron chi connectivity index (χ0n) is 11.1. The zero-order chi connectivity index (χ0) is 13.0. The van der Waals surface area contributed by atoms with Crippen LogP contribution in [0.1, 0.15) is 13.3 Å². The van der Waals surface area contributed by atoms with Crippen LogP contribution in [0.5, 0.6) is 0 Å². The first-order valence-electron chi connectivity index (χ1n) is 5.40. The number of quaternary nitrogens is 1. The lowest BCUT2D eigenvalue weighted by molar-refractivity contribution is -0.868. The minimum Gasteiger partial charge on any atom is -0.550 e. The molecule has 0 aromatic heterocycles. The second kappa shape index (κ2) is 10.9. The fourth-order valence-corrected chi connectivity index (χ4v) is 0.400. The summed E-state index contributed by atoms with van der Waals surface area (Å²) in [7, 11) is 8.10. The van der Waals surface area contributed by atoms with E-state index in [-0.39, 0.29) is 13.0 Å². The molecule has 0 aromatic carbocycles. The van der Waals surface area contributed by atoms with Gasteiger partial charge in [-0.1, -0.05) is 0 Å². The monoisotopic (exact) mass is 235 g/mol. The highest BCUT2D eigenvalue weighted by atomic mass is 16.5. The van der Waals surface area contributed by atoms with Gasteiger partial charge in [-0.25, -0.2) is 0 Å². The molecule has 0 rings (SSSR count). The van der Waals surface area contributed by atoms with Gasteiger partial charge in [-0.15, -0.1) is 0 Å². The van der Waals surface area contributed by atoms with Crippen LogP contribution in [0.4, 0.5) is 0 Å². The summed E-state index contributed by atoms with van der Waals surface area (Å²) in [5.74, 6) is -1.09. The second-order valence-electron chi connectivity index (χ2n) is 4.33. The van der Waals surface area contributed by atoms with E-state index < -0.39 is 5.97 Å². The number of carboxylic acid groups (broad SMARTS) is 1. The molecule has 16 heavy (non-hydrogen) atoms. The quantitative estimate of drug-likeness (QED) is 0.441. The van der Waals surface area contributed by atoms with Gasteiger partial charge in [0.25, 0.3) is 0 Å². The molecule has 0 atom stereocenters. The molecule has 0 heterocycles. The molecular formula is C11H25NO4. The normalized spacial score (nSPS) is 10.6. The highest BCUT2D eigenvalue weighted by Crippen LogP contribution is 1.83. The van der Waals surface area contributed by atoms with Gasteiger partial charge in [0.2, 0.25) is 0 Å². The highest BCUT2D eigenvalue weighted by molar-refractivity contribution is 5.64. The van der Waals surface area contributed by atoms with Crippen molar-refractivity contribution in [3.63, 3.8) is 0 Å². The number of ether oxygens (including phenoxy) is 2. The van der Waals surface area contributed by atoms with E-state index in [1.807, 2.05) is 0 Å². The summed E-state index contributed by atoms with van der Waals surface area (Å²) in [6.07, 6.45) is -0.0519. The SMILES string of the molecule is CC[N+](C)(C)C.COCCOCCC(=O)[O-]. The van der Waals surface area contributed by atoms with Gasteiger partial charge >= 0.3 is 0 Å². The summed E-state index contributed by atoms with van der Waals surface area (Å²) in [4.78, 5) is 9.81. The predicted octanol–water partition coefficient (Wildman–Crippen LogP) is -0.498. The van der Waals surface area contributed by atoms with Crippen LogP contribution in [0.25, 0.3) is 0 Å². The molecule has 0 saturated carbocycles. The van der Waals surface area contributed by atoms with E-state index in [0.29, 0.717) is 13.2 Å². The average Bonchev–Trinajstić information content (AvgIpc) is 2.17. The Morgan fingerprint density at radius 1 is 1.19 bits per heavy atom. The highest BCUT2D eigenvalue weighted by Gasteiger charge is 1.97. The van der Waals surface area contributed by atoms with E-state index in [4.69, 9.17) is 4.74 Å². The van der Waals surface area contributed by atoms with Gasteiger partial charge in [-0.3, -0.25) is 0 Å². The maximum Gasteiger partial charge on any atom is 0.0751 e. The lowest BCUT2D eigenvalue weighted by Gasteiger charge is -2.20. The second-order valence-corrected chi connectivity index (χ2v) is 4.33. The van der Waals surface area contributed by atoms with Gasteiger partial charge in [-0.2, -0.15) is 0 Å². The Kier molecular flexibility index (Phi) is 12.0. The summed E-state index contributed by atoms with van der Waals surface area (Å²) in [5, 5.41) is 9.81. The Morgan fingerprint density at radius 2 is 1.69 bits per heavy atom. The third-order valence-electron chi connectivity index (χ3n) is 1.83. The van der Waals surface area contributed by atoms with Crippen LogP contribution in [0.2, 0.25) is 0 Å². The van der Waals surface area contributed by atoms with Crippen molar-refractivity contribution in [2.24, 2.45) is 0 Å². The number of methoxy groups -OCH3 is 1. The number of aliphatic carboxylic acids is 1. The number of rotatable bonds is 7. The summed E-state index contributed by atoms with van der Waals surface area (Å²) < 4.78 is 10.6. The first-order chi connectivity index (χ1) is 7.33. The molecule has 0 spiro atoms. The van der Waals surface area contributed by atoms with E-state index >= 15 is 0 Å². The lowest BCUT2D eigenvalue weighted by Crippen LogP contribution is -2.33. The number of carbonyl (C=O) groups is 1. The van der Waals surface area contributed by atoms with Crippen molar-refractivity contribution < 1.29 is 23.9 Å². The molecule has 0 radical (unpaired) electrons. The van der Waals surface area contributed by atoms with E-state index in [0.717, 1.165) is 4.48 Å². The molecule has 0 aliphatic carbocycles. The Bertz CT molecular complexity index is 166. The van der Waals surface area contributed by atoms with Crippen LogP contribution < -0.4 is 5.11 Å². The number of nitrogens with zero attached hydrogens (tertiary/aromatic N) is 1. The Balaban J connectivity index is 0. The molecule has 0 N–H and O–H groups in total. The summed E-state index contributed by atoms with van der Waals surface area (Å²) in [6, 6.07) is 0. The third kappa shape index (κ3) is 23.3. The van der Waals surface area contributed by atoms with Crippen LogP contribution in [-0.4, -0.2) is 65.1 Å². The molecule has 5 nitrogen and oxygen atoms in total. The Labute approximate surface area is 98.5 Å². The van der Waals surface area contributed by atoms with Crippen molar-refractivity contribution >= 4 is 5.97 Å². The summed E-state index contributed by atoms with van der Waals surface area (Å²) in [5.41, 5.74) is 0. The fourth-order valence-electron chi connectivity index (χ4n) is 0.400. The standard InChI is InChI=1S/C6H12O4.C5H14N/c1-9-4-5-10-3-2-6(7)8;1-5-6(2,3)4/h2-5H2,1H3,(H,7,8);5H2,1-4H3/q;+1/p-1. The van der Waals surface area contributed by atoms with Crippen molar-refractivity contribution in [2.45, 2.75) is 13.3 Å². The van der Waals surface area contributed by atoms with Crippen LogP contribution in [-0.2, 0) is 14.3 Å². The topological polar surface area (TPSA) is 58.6 Å². The first kappa shape index (κ1) is 17.7. The minimum atomic E-state index is -1.09. The average molecular weight is 235 g/mol. The molecule has 0 bridgehead atoms. The maximum atomic E-state index is 9.81. The zero-order valence-corrected chi connectivity index (χ0v) is 11.1. The van der Waals surface area contributed by atoms with Gasteiger partial charge in [-0.05, 0) is 6.92 Å². The minimum absolute atomic E-state index is 0.0519. The molecule has 0 aromatic rings. The third-order valence-corrected chi connectivity index (χ3v) is 1.83. The molecule has 98 valence electrons. The molecule has 0 fully saturated rings. The van der Waals surface area contributed by atoms with Crippen LogP contribution in [0, 0.1) is 0 Å². The van der Waals surface area contributed by atoms with Gasteiger partial charge in [0.1, 0.15) is 0 Å². The Hall–Kier alpha value is -0.650. The number of carbonyl (C=O) groups excluding carboxylic acids is 1.